The second kappa shape index (κ2) is 3.89. The van der Waals surface area contributed by atoms with E-state index in [9.17, 15) is 0 Å². The number of aliphatic hydroxyl groups excluding tert-OH is 1. The molecule has 0 aliphatic rings. The van der Waals surface area contributed by atoms with Gasteiger partial charge in [0.25, 0.3) is 0 Å². The molecule has 2 heteroatoms. The van der Waals surface area contributed by atoms with Crippen molar-refractivity contribution < 1.29 is 5.11 Å². The second-order valence-electron chi connectivity index (χ2n) is 2.70. The van der Waals surface area contributed by atoms with Crippen LogP contribution in [0.3, 0.4) is 0 Å². The van der Waals surface area contributed by atoms with E-state index in [4.69, 9.17) is 11.5 Å². The first-order chi connectivity index (χ1) is 5.74. The summed E-state index contributed by atoms with van der Waals surface area (Å²) in [7, 11) is 0. The smallest absolute Gasteiger partial charge is 0.0585 e. The van der Waals surface area contributed by atoms with Crippen molar-refractivity contribution >= 4 is 0 Å². The van der Waals surface area contributed by atoms with Gasteiger partial charge in [-0.05, 0) is 19.1 Å². The number of terminal acetylenes is 1. The molecule has 1 aromatic heterocycles. The van der Waals surface area contributed by atoms with Crippen molar-refractivity contribution in [3.05, 3.63) is 29.6 Å². The van der Waals surface area contributed by atoms with Crippen molar-refractivity contribution in [2.45, 2.75) is 19.4 Å². The van der Waals surface area contributed by atoms with Gasteiger partial charge >= 0.3 is 0 Å². The molecule has 0 amide bonds. The molecular weight excluding hydrogens is 150 g/mol. The number of pyridine rings is 1. The maximum atomic E-state index is 9.12. The van der Waals surface area contributed by atoms with Crippen LogP contribution in [0.1, 0.15) is 18.2 Å². The van der Waals surface area contributed by atoms with Crippen LogP contribution in [-0.4, -0.2) is 16.2 Å². The molecule has 0 spiro atoms. The quantitative estimate of drug-likeness (QED) is 0.656. The number of aliphatic hydroxyl groups is 1. The fourth-order valence-corrected chi connectivity index (χ4v) is 1.01. The lowest BCUT2D eigenvalue weighted by Gasteiger charge is -2.04. The van der Waals surface area contributed by atoms with Gasteiger partial charge in [0.2, 0.25) is 0 Å². The lowest BCUT2D eigenvalue weighted by Crippen LogP contribution is -2.07. The molecule has 1 heterocycles. The van der Waals surface area contributed by atoms with E-state index in [1.807, 2.05) is 6.07 Å². The Bertz CT molecular complexity index is 299. The van der Waals surface area contributed by atoms with E-state index in [1.165, 1.54) is 0 Å². The predicted octanol–water partition coefficient (Wildman–Crippen LogP) is 0.986. The van der Waals surface area contributed by atoms with Crippen LogP contribution in [0.15, 0.2) is 18.3 Å². The first-order valence-electron chi connectivity index (χ1n) is 3.82. The minimum Gasteiger partial charge on any atom is -0.393 e. The standard InChI is InChI=1S/C10H11NO/c1-3-9-5-4-6-11-10(9)7-8(2)12/h1,4-6,8,12H,7H2,2H3. The Labute approximate surface area is 72.3 Å². The van der Waals surface area contributed by atoms with Gasteiger partial charge in [0.05, 0.1) is 11.8 Å². The lowest BCUT2D eigenvalue weighted by molar-refractivity contribution is 0.194. The van der Waals surface area contributed by atoms with E-state index in [0.717, 1.165) is 11.3 Å². The second-order valence-corrected chi connectivity index (χ2v) is 2.70. The maximum absolute atomic E-state index is 9.12. The Balaban J connectivity index is 2.91. The fraction of sp³-hybridized carbons (Fsp3) is 0.300. The average Bonchev–Trinajstić information content (AvgIpc) is 2.04. The van der Waals surface area contributed by atoms with Crippen LogP contribution < -0.4 is 0 Å². The first-order valence-corrected chi connectivity index (χ1v) is 3.82. The Morgan fingerprint density at radius 1 is 1.75 bits per heavy atom. The summed E-state index contributed by atoms with van der Waals surface area (Å²) < 4.78 is 0. The van der Waals surface area contributed by atoms with Crippen LogP contribution >= 0.6 is 0 Å². The SMILES string of the molecule is C#Cc1cccnc1CC(C)O. The molecule has 1 N–H and O–H groups in total. The number of nitrogens with zero attached hydrogens (tertiary/aromatic N) is 1. The van der Waals surface area contributed by atoms with Gasteiger partial charge in [-0.3, -0.25) is 4.98 Å². The van der Waals surface area contributed by atoms with Crippen LogP contribution in [0.5, 0.6) is 0 Å². The van der Waals surface area contributed by atoms with Crippen LogP contribution in [0.25, 0.3) is 0 Å². The van der Waals surface area contributed by atoms with E-state index < -0.39 is 6.10 Å². The highest BCUT2D eigenvalue weighted by Crippen LogP contribution is 2.05. The van der Waals surface area contributed by atoms with E-state index in [-0.39, 0.29) is 0 Å². The largest absolute Gasteiger partial charge is 0.393 e. The fourth-order valence-electron chi connectivity index (χ4n) is 1.01. The third-order valence-corrected chi connectivity index (χ3v) is 1.53. The highest BCUT2D eigenvalue weighted by Gasteiger charge is 2.03. The summed E-state index contributed by atoms with van der Waals surface area (Å²) in [6.45, 7) is 1.72. The van der Waals surface area contributed by atoms with Gasteiger partial charge in [-0.1, -0.05) is 5.92 Å². The molecule has 1 aromatic rings. The number of rotatable bonds is 2. The molecule has 0 fully saturated rings. The Kier molecular flexibility index (Phi) is 2.84. The van der Waals surface area contributed by atoms with Crippen LogP contribution in [0.2, 0.25) is 0 Å². The molecule has 1 unspecified atom stereocenters. The Hall–Kier alpha value is -1.33. The molecule has 12 heavy (non-hydrogen) atoms. The summed E-state index contributed by atoms with van der Waals surface area (Å²) in [4.78, 5) is 4.09. The van der Waals surface area contributed by atoms with Gasteiger partial charge < -0.3 is 5.11 Å². The number of hydrogen-bond donors (Lipinski definition) is 1. The van der Waals surface area contributed by atoms with Crippen LogP contribution in [-0.2, 0) is 6.42 Å². The molecule has 62 valence electrons. The van der Waals surface area contributed by atoms with E-state index in [0.29, 0.717) is 6.42 Å². The molecule has 0 saturated carbocycles. The molecule has 1 rings (SSSR count). The van der Waals surface area contributed by atoms with Crippen molar-refractivity contribution in [3.8, 4) is 12.3 Å². The molecule has 0 aromatic carbocycles. The first kappa shape index (κ1) is 8.76. The summed E-state index contributed by atoms with van der Waals surface area (Å²) in [6, 6.07) is 3.62. The summed E-state index contributed by atoms with van der Waals surface area (Å²) in [5.41, 5.74) is 1.55. The summed E-state index contributed by atoms with van der Waals surface area (Å²) in [5, 5.41) is 9.12. The maximum Gasteiger partial charge on any atom is 0.0585 e. The van der Waals surface area contributed by atoms with Crippen molar-refractivity contribution in [1.82, 2.24) is 4.98 Å². The van der Waals surface area contributed by atoms with Crippen LogP contribution in [0.4, 0.5) is 0 Å². The summed E-state index contributed by atoms with van der Waals surface area (Å²) in [6.07, 6.45) is 7.05. The molecule has 0 aliphatic carbocycles. The van der Waals surface area contributed by atoms with E-state index in [1.54, 1.807) is 19.2 Å². The molecule has 0 bridgehead atoms. The van der Waals surface area contributed by atoms with Gasteiger partial charge in [0.15, 0.2) is 0 Å². The highest BCUT2D eigenvalue weighted by atomic mass is 16.3. The topological polar surface area (TPSA) is 33.1 Å². The number of hydrogen-bond acceptors (Lipinski definition) is 2. The van der Waals surface area contributed by atoms with Gasteiger partial charge in [0.1, 0.15) is 0 Å². The van der Waals surface area contributed by atoms with Crippen molar-refractivity contribution in [2.24, 2.45) is 0 Å². The molecule has 0 aliphatic heterocycles. The van der Waals surface area contributed by atoms with Crippen LogP contribution in [0, 0.1) is 12.3 Å². The average molecular weight is 161 g/mol. The van der Waals surface area contributed by atoms with Gasteiger partial charge in [-0.2, -0.15) is 0 Å². The third-order valence-electron chi connectivity index (χ3n) is 1.53. The normalized spacial score (nSPS) is 12.1. The number of aromatic nitrogens is 1. The van der Waals surface area contributed by atoms with E-state index >= 15 is 0 Å². The Morgan fingerprint density at radius 2 is 2.50 bits per heavy atom. The molecule has 2 nitrogen and oxygen atoms in total. The van der Waals surface area contributed by atoms with E-state index in [2.05, 4.69) is 10.9 Å². The highest BCUT2D eigenvalue weighted by molar-refractivity contribution is 5.35. The Morgan fingerprint density at radius 3 is 3.08 bits per heavy atom. The predicted molar refractivity (Wildman–Crippen MR) is 47.6 cm³/mol. The lowest BCUT2D eigenvalue weighted by atomic mass is 10.1. The monoisotopic (exact) mass is 161 g/mol. The van der Waals surface area contributed by atoms with Crippen molar-refractivity contribution in [2.75, 3.05) is 0 Å². The molecular formula is C10H11NO. The minimum atomic E-state index is -0.396. The van der Waals surface area contributed by atoms with Gasteiger partial charge in [0, 0.05) is 18.2 Å². The minimum absolute atomic E-state index is 0.396. The van der Waals surface area contributed by atoms with Crippen molar-refractivity contribution in [1.29, 1.82) is 0 Å². The summed E-state index contributed by atoms with van der Waals surface area (Å²) >= 11 is 0. The zero-order valence-corrected chi connectivity index (χ0v) is 6.99. The van der Waals surface area contributed by atoms with Crippen molar-refractivity contribution in [3.63, 3.8) is 0 Å². The van der Waals surface area contributed by atoms with Gasteiger partial charge in [-0.25, -0.2) is 0 Å². The zero-order chi connectivity index (χ0) is 8.97. The molecule has 0 saturated heterocycles. The zero-order valence-electron chi connectivity index (χ0n) is 6.99. The third kappa shape index (κ3) is 2.08. The van der Waals surface area contributed by atoms with Gasteiger partial charge in [-0.15, -0.1) is 6.42 Å². The summed E-state index contributed by atoms with van der Waals surface area (Å²) in [5.74, 6) is 2.53. The molecule has 1 atom stereocenters. The molecule has 0 radical (unpaired) electrons.